The quantitative estimate of drug-likeness (QED) is 0.284. The van der Waals surface area contributed by atoms with Gasteiger partial charge in [0.1, 0.15) is 17.7 Å². The molecule has 220 valence electrons. The topological polar surface area (TPSA) is 108 Å². The molecule has 2 rings (SSSR count). The van der Waals surface area contributed by atoms with E-state index in [4.69, 9.17) is 4.74 Å². The standard InChI is InChI=1S/C32H47N3O5/c1-9-10-11-12-18-35(30(38)26(20-36)33-31(39)40-32(6,7)8)28(25-17-16-21(2)19-24(25)5)29(37)34-27-22(3)14-13-15-23(27)4/h13-17,19,26,28,36H,9-12,18,20H2,1-8H3,(H,33,39)(H,34,37). The van der Waals surface area contributed by atoms with Crippen LogP contribution in [0.5, 0.6) is 0 Å². The highest BCUT2D eigenvalue weighted by molar-refractivity contribution is 6.00. The number of nitrogens with one attached hydrogen (secondary N) is 2. The van der Waals surface area contributed by atoms with Gasteiger partial charge in [-0.1, -0.05) is 68.1 Å². The molecule has 3 N–H and O–H groups in total. The second-order valence-corrected chi connectivity index (χ2v) is 11.5. The number of benzene rings is 2. The minimum absolute atomic E-state index is 0.281. The van der Waals surface area contributed by atoms with Crippen LogP contribution in [-0.4, -0.2) is 52.7 Å². The van der Waals surface area contributed by atoms with Gasteiger partial charge in [-0.2, -0.15) is 0 Å². The van der Waals surface area contributed by atoms with Crippen LogP contribution < -0.4 is 10.6 Å². The van der Waals surface area contributed by atoms with Crippen LogP contribution >= 0.6 is 0 Å². The second-order valence-electron chi connectivity index (χ2n) is 11.5. The van der Waals surface area contributed by atoms with Crippen molar-refractivity contribution in [1.82, 2.24) is 10.2 Å². The number of aliphatic hydroxyl groups excluding tert-OH is 1. The molecule has 0 radical (unpaired) electrons. The predicted molar refractivity (Wildman–Crippen MR) is 159 cm³/mol. The molecular weight excluding hydrogens is 506 g/mol. The van der Waals surface area contributed by atoms with Gasteiger partial charge < -0.3 is 25.4 Å². The average molecular weight is 554 g/mol. The summed E-state index contributed by atoms with van der Waals surface area (Å²) >= 11 is 0. The Labute approximate surface area is 239 Å². The van der Waals surface area contributed by atoms with E-state index in [0.717, 1.165) is 41.5 Å². The number of ether oxygens (including phenoxy) is 1. The fraction of sp³-hybridized carbons (Fsp3) is 0.531. The summed E-state index contributed by atoms with van der Waals surface area (Å²) in [5, 5.41) is 15.8. The molecule has 0 bridgehead atoms. The van der Waals surface area contributed by atoms with Crippen molar-refractivity contribution in [2.45, 2.75) is 98.8 Å². The number of hydrogen-bond acceptors (Lipinski definition) is 5. The smallest absolute Gasteiger partial charge is 0.408 e. The summed E-state index contributed by atoms with van der Waals surface area (Å²) in [6.45, 7) is 14.6. The van der Waals surface area contributed by atoms with Crippen molar-refractivity contribution in [3.05, 3.63) is 64.2 Å². The SMILES string of the molecule is CCCCCCN(C(=O)C(CO)NC(=O)OC(C)(C)C)C(C(=O)Nc1c(C)cccc1C)c1ccc(C)cc1C. The number of carbonyl (C=O) groups excluding carboxylic acids is 3. The first kappa shape index (κ1) is 32.8. The Kier molecular flexibility index (Phi) is 12.2. The molecule has 0 saturated carbocycles. The summed E-state index contributed by atoms with van der Waals surface area (Å²) in [6.07, 6.45) is 2.74. The summed E-state index contributed by atoms with van der Waals surface area (Å²) in [6, 6.07) is 9.30. The molecule has 0 aliphatic carbocycles. The molecule has 8 nitrogen and oxygen atoms in total. The van der Waals surface area contributed by atoms with Crippen LogP contribution in [0, 0.1) is 27.7 Å². The maximum Gasteiger partial charge on any atom is 0.408 e. The van der Waals surface area contributed by atoms with Gasteiger partial charge in [0.15, 0.2) is 0 Å². The van der Waals surface area contributed by atoms with E-state index in [0.29, 0.717) is 17.7 Å². The Balaban J connectivity index is 2.57. The molecule has 2 aromatic rings. The summed E-state index contributed by atoms with van der Waals surface area (Å²) < 4.78 is 5.33. The van der Waals surface area contributed by atoms with E-state index in [1.807, 2.05) is 64.1 Å². The molecule has 0 fully saturated rings. The van der Waals surface area contributed by atoms with Crippen molar-refractivity contribution in [3.8, 4) is 0 Å². The number of aryl methyl sites for hydroxylation is 4. The maximum absolute atomic E-state index is 14.1. The monoisotopic (exact) mass is 553 g/mol. The Bertz CT molecular complexity index is 1150. The number of amides is 3. The van der Waals surface area contributed by atoms with E-state index in [1.165, 1.54) is 4.90 Å². The molecule has 2 atom stereocenters. The van der Waals surface area contributed by atoms with Crippen molar-refractivity contribution in [3.63, 3.8) is 0 Å². The average Bonchev–Trinajstić information content (AvgIpc) is 2.86. The van der Waals surface area contributed by atoms with Crippen LogP contribution in [-0.2, 0) is 14.3 Å². The highest BCUT2D eigenvalue weighted by atomic mass is 16.6. The number of carbonyl (C=O) groups is 3. The molecule has 8 heteroatoms. The zero-order valence-electron chi connectivity index (χ0n) is 25.4. The fourth-order valence-electron chi connectivity index (χ4n) is 4.70. The number of alkyl carbamates (subject to hydrolysis) is 1. The zero-order chi connectivity index (χ0) is 30.0. The van der Waals surface area contributed by atoms with E-state index in [-0.39, 0.29) is 12.5 Å². The number of nitrogens with zero attached hydrogens (tertiary/aromatic N) is 1. The summed E-state index contributed by atoms with van der Waals surface area (Å²) in [7, 11) is 0. The van der Waals surface area contributed by atoms with E-state index in [9.17, 15) is 19.5 Å². The zero-order valence-corrected chi connectivity index (χ0v) is 25.4. The van der Waals surface area contributed by atoms with E-state index in [1.54, 1.807) is 20.8 Å². The summed E-state index contributed by atoms with van der Waals surface area (Å²) in [5.74, 6) is -0.909. The van der Waals surface area contributed by atoms with Gasteiger partial charge in [0, 0.05) is 12.2 Å². The van der Waals surface area contributed by atoms with Gasteiger partial charge in [-0.05, 0) is 77.1 Å². The molecule has 2 aromatic carbocycles. The highest BCUT2D eigenvalue weighted by Crippen LogP contribution is 2.30. The van der Waals surface area contributed by atoms with Crippen LogP contribution in [0.3, 0.4) is 0 Å². The summed E-state index contributed by atoms with van der Waals surface area (Å²) in [4.78, 5) is 42.2. The largest absolute Gasteiger partial charge is 0.444 e. The second kappa shape index (κ2) is 14.8. The number of unbranched alkanes of at least 4 members (excludes halogenated alkanes) is 3. The van der Waals surface area contributed by atoms with Gasteiger partial charge in [0.25, 0.3) is 5.91 Å². The van der Waals surface area contributed by atoms with Crippen LogP contribution in [0.2, 0.25) is 0 Å². The van der Waals surface area contributed by atoms with Crippen molar-refractivity contribution in [1.29, 1.82) is 0 Å². The van der Waals surface area contributed by atoms with Crippen molar-refractivity contribution in [2.24, 2.45) is 0 Å². The molecule has 40 heavy (non-hydrogen) atoms. The third kappa shape index (κ3) is 9.37. The van der Waals surface area contributed by atoms with E-state index in [2.05, 4.69) is 17.6 Å². The van der Waals surface area contributed by atoms with Crippen LogP contribution in [0.1, 0.15) is 87.2 Å². The Morgan fingerprint density at radius 1 is 0.950 bits per heavy atom. The van der Waals surface area contributed by atoms with Crippen molar-refractivity contribution >= 4 is 23.6 Å². The van der Waals surface area contributed by atoms with Gasteiger partial charge in [-0.3, -0.25) is 9.59 Å². The molecule has 0 heterocycles. The lowest BCUT2D eigenvalue weighted by molar-refractivity contribution is -0.141. The minimum atomic E-state index is -1.28. The maximum atomic E-state index is 14.1. The number of para-hydroxylation sites is 1. The van der Waals surface area contributed by atoms with Crippen LogP contribution in [0.25, 0.3) is 0 Å². The Morgan fingerprint density at radius 2 is 1.60 bits per heavy atom. The third-order valence-electron chi connectivity index (χ3n) is 6.72. The van der Waals surface area contributed by atoms with Gasteiger partial charge in [-0.15, -0.1) is 0 Å². The lowest BCUT2D eigenvalue weighted by Gasteiger charge is -2.35. The first-order valence-corrected chi connectivity index (χ1v) is 14.1. The molecule has 0 saturated heterocycles. The fourth-order valence-corrected chi connectivity index (χ4v) is 4.70. The van der Waals surface area contributed by atoms with Gasteiger partial charge in [0.05, 0.1) is 6.61 Å². The number of rotatable bonds is 12. The van der Waals surface area contributed by atoms with E-state index >= 15 is 0 Å². The predicted octanol–water partition coefficient (Wildman–Crippen LogP) is 5.89. The van der Waals surface area contributed by atoms with Crippen LogP contribution in [0.4, 0.5) is 10.5 Å². The first-order chi connectivity index (χ1) is 18.8. The first-order valence-electron chi connectivity index (χ1n) is 14.1. The Hall–Kier alpha value is -3.39. The molecular formula is C32H47N3O5. The van der Waals surface area contributed by atoms with E-state index < -0.39 is 36.3 Å². The number of anilines is 1. The lowest BCUT2D eigenvalue weighted by atomic mass is 9.95. The number of hydrogen-bond donors (Lipinski definition) is 3. The van der Waals surface area contributed by atoms with Crippen molar-refractivity contribution < 1.29 is 24.2 Å². The molecule has 0 aromatic heterocycles. The highest BCUT2D eigenvalue weighted by Gasteiger charge is 2.37. The van der Waals surface area contributed by atoms with Gasteiger partial charge in [0.2, 0.25) is 5.91 Å². The lowest BCUT2D eigenvalue weighted by Crippen LogP contribution is -2.54. The van der Waals surface area contributed by atoms with Gasteiger partial charge in [-0.25, -0.2) is 4.79 Å². The summed E-state index contributed by atoms with van der Waals surface area (Å²) in [5.41, 5.74) is 4.34. The molecule has 3 amide bonds. The molecule has 0 spiro atoms. The molecule has 0 aliphatic rings. The minimum Gasteiger partial charge on any atom is -0.444 e. The molecule has 0 aliphatic heterocycles. The Morgan fingerprint density at radius 3 is 2.15 bits per heavy atom. The third-order valence-corrected chi connectivity index (χ3v) is 6.72. The van der Waals surface area contributed by atoms with Crippen LogP contribution in [0.15, 0.2) is 36.4 Å². The molecule has 2 unspecified atom stereocenters. The number of aliphatic hydroxyl groups is 1. The van der Waals surface area contributed by atoms with Crippen molar-refractivity contribution in [2.75, 3.05) is 18.5 Å². The normalized spacial score (nSPS) is 12.8. The van der Waals surface area contributed by atoms with Gasteiger partial charge >= 0.3 is 6.09 Å².